The van der Waals surface area contributed by atoms with Crippen molar-refractivity contribution in [2.45, 2.75) is 50.9 Å². The predicted molar refractivity (Wildman–Crippen MR) is 90.7 cm³/mol. The normalized spacial score (nSPS) is 25.4. The molecule has 1 fully saturated rings. The average molecular weight is 348 g/mol. The topological polar surface area (TPSA) is 102 Å². The van der Waals surface area contributed by atoms with Crippen molar-refractivity contribution < 1.29 is 24.2 Å². The van der Waals surface area contributed by atoms with E-state index in [1.54, 1.807) is 17.0 Å². The highest BCUT2D eigenvalue weighted by Gasteiger charge is 2.47. The lowest BCUT2D eigenvalue weighted by Gasteiger charge is -2.38. The first-order chi connectivity index (χ1) is 11.6. The predicted octanol–water partition coefficient (Wildman–Crippen LogP) is 2.55. The molecule has 0 radical (unpaired) electrons. The number of rotatable bonds is 1. The summed E-state index contributed by atoms with van der Waals surface area (Å²) in [4.78, 5) is 25.1. The van der Waals surface area contributed by atoms with Gasteiger partial charge in [0.25, 0.3) is 0 Å². The van der Waals surface area contributed by atoms with Gasteiger partial charge in [-0.1, -0.05) is 0 Å². The van der Waals surface area contributed by atoms with Crippen LogP contribution in [0.25, 0.3) is 0 Å². The molecule has 2 atom stereocenters. The highest BCUT2D eigenvalue weighted by molar-refractivity contribution is 5.88. The van der Waals surface area contributed by atoms with E-state index in [2.05, 4.69) is 0 Å². The Morgan fingerprint density at radius 2 is 2.12 bits per heavy atom. The zero-order chi connectivity index (χ0) is 18.4. The molecule has 1 aromatic rings. The zero-order valence-electron chi connectivity index (χ0n) is 14.7. The first kappa shape index (κ1) is 17.5. The molecule has 0 aliphatic carbocycles. The second kappa shape index (κ2) is 5.91. The number of nitrogens with zero attached hydrogens (tertiary/aromatic N) is 1. The molecule has 2 unspecified atom stereocenters. The Hall–Kier alpha value is -2.28. The first-order valence-electron chi connectivity index (χ1n) is 8.38. The molecule has 0 bridgehead atoms. The van der Waals surface area contributed by atoms with Crippen LogP contribution in [0.1, 0.15) is 55.6 Å². The minimum Gasteiger partial charge on any atom is -0.485 e. The molecule has 0 aromatic heterocycles. The van der Waals surface area contributed by atoms with E-state index in [4.69, 9.17) is 20.3 Å². The fourth-order valence-corrected chi connectivity index (χ4v) is 3.43. The number of amides is 1. The van der Waals surface area contributed by atoms with Crippen molar-refractivity contribution in [2.75, 3.05) is 13.1 Å². The number of fused-ring (bicyclic) bond motifs is 1. The Morgan fingerprint density at radius 1 is 1.40 bits per heavy atom. The molecule has 2 heterocycles. The van der Waals surface area contributed by atoms with Crippen LogP contribution in [0.15, 0.2) is 18.2 Å². The van der Waals surface area contributed by atoms with Crippen molar-refractivity contribution >= 4 is 12.1 Å². The minimum absolute atomic E-state index is 0.190. The van der Waals surface area contributed by atoms with Crippen LogP contribution < -0.4 is 10.5 Å². The van der Waals surface area contributed by atoms with Crippen molar-refractivity contribution in [3.63, 3.8) is 0 Å². The van der Waals surface area contributed by atoms with E-state index < -0.39 is 17.2 Å². The van der Waals surface area contributed by atoms with Crippen LogP contribution in [-0.2, 0) is 4.74 Å². The summed E-state index contributed by atoms with van der Waals surface area (Å²) in [6.07, 6.45) is 0.844. The second-order valence-corrected chi connectivity index (χ2v) is 7.81. The number of carbonyl (C=O) groups excluding carboxylic acids is 1. The number of aromatic carboxylic acids is 1. The van der Waals surface area contributed by atoms with Crippen LogP contribution in [0, 0.1) is 0 Å². The quantitative estimate of drug-likeness (QED) is 0.808. The van der Waals surface area contributed by atoms with Gasteiger partial charge >= 0.3 is 12.1 Å². The minimum atomic E-state index is -0.993. The molecule has 7 heteroatoms. The highest BCUT2D eigenvalue weighted by atomic mass is 16.6. The number of benzene rings is 1. The Morgan fingerprint density at radius 3 is 2.76 bits per heavy atom. The molecule has 136 valence electrons. The maximum Gasteiger partial charge on any atom is 0.410 e. The number of likely N-dealkylation sites (tertiary alicyclic amines) is 1. The summed E-state index contributed by atoms with van der Waals surface area (Å²) >= 11 is 0. The Balaban J connectivity index is 1.77. The number of carboxylic acid groups (broad SMARTS) is 1. The van der Waals surface area contributed by atoms with Gasteiger partial charge in [-0.25, -0.2) is 9.59 Å². The SMILES string of the molecule is CC(C)(C)OC(=O)N1CCC2(CC(N)c3cc(C(=O)O)ccc3O2)C1. The van der Waals surface area contributed by atoms with Crippen LogP contribution in [-0.4, -0.2) is 46.4 Å². The smallest absolute Gasteiger partial charge is 0.410 e. The molecule has 1 saturated heterocycles. The molecule has 2 aliphatic heterocycles. The van der Waals surface area contributed by atoms with Gasteiger partial charge in [-0.05, 0) is 39.0 Å². The summed E-state index contributed by atoms with van der Waals surface area (Å²) in [5.41, 5.74) is 6.08. The average Bonchev–Trinajstić information content (AvgIpc) is 2.88. The van der Waals surface area contributed by atoms with Gasteiger partial charge in [-0.2, -0.15) is 0 Å². The van der Waals surface area contributed by atoms with Crippen molar-refractivity contribution in [3.8, 4) is 5.75 Å². The second-order valence-electron chi connectivity index (χ2n) is 7.81. The number of nitrogens with two attached hydrogens (primary N) is 1. The molecule has 3 rings (SSSR count). The Labute approximate surface area is 146 Å². The van der Waals surface area contributed by atoms with E-state index in [1.807, 2.05) is 20.8 Å². The van der Waals surface area contributed by atoms with Crippen molar-refractivity contribution in [1.29, 1.82) is 0 Å². The third-order valence-electron chi connectivity index (χ3n) is 4.54. The first-order valence-corrected chi connectivity index (χ1v) is 8.38. The summed E-state index contributed by atoms with van der Waals surface area (Å²) in [5.74, 6) is -0.401. The van der Waals surface area contributed by atoms with Gasteiger partial charge in [-0.15, -0.1) is 0 Å². The number of hydrogen-bond donors (Lipinski definition) is 2. The lowest BCUT2D eigenvalue weighted by molar-refractivity contribution is 0.0144. The summed E-state index contributed by atoms with van der Waals surface area (Å²) in [6, 6.07) is 4.39. The summed E-state index contributed by atoms with van der Waals surface area (Å²) in [5, 5.41) is 9.13. The molecule has 1 amide bonds. The van der Waals surface area contributed by atoms with Crippen molar-refractivity contribution in [1.82, 2.24) is 4.90 Å². The molecule has 3 N–H and O–H groups in total. The van der Waals surface area contributed by atoms with Gasteiger partial charge in [0.05, 0.1) is 12.1 Å². The number of hydrogen-bond acceptors (Lipinski definition) is 5. The largest absolute Gasteiger partial charge is 0.485 e. The number of carboxylic acids is 1. The third-order valence-corrected chi connectivity index (χ3v) is 4.54. The molecular weight excluding hydrogens is 324 g/mol. The maximum absolute atomic E-state index is 12.3. The lowest BCUT2D eigenvalue weighted by atomic mass is 9.86. The lowest BCUT2D eigenvalue weighted by Crippen LogP contribution is -2.46. The van der Waals surface area contributed by atoms with Gasteiger partial charge in [0.1, 0.15) is 17.0 Å². The van der Waals surface area contributed by atoms with Crippen LogP contribution >= 0.6 is 0 Å². The summed E-state index contributed by atoms with van der Waals surface area (Å²) in [6.45, 7) is 6.46. The van der Waals surface area contributed by atoms with Crippen LogP contribution in [0.4, 0.5) is 4.79 Å². The number of carbonyl (C=O) groups is 2. The van der Waals surface area contributed by atoms with Crippen LogP contribution in [0.3, 0.4) is 0 Å². The molecular formula is C18H24N2O5. The van der Waals surface area contributed by atoms with Gasteiger partial charge in [0, 0.05) is 31.0 Å². The van der Waals surface area contributed by atoms with E-state index in [1.165, 1.54) is 6.07 Å². The number of ether oxygens (including phenoxy) is 2. The van der Waals surface area contributed by atoms with Gasteiger partial charge in [0.2, 0.25) is 0 Å². The molecule has 0 saturated carbocycles. The standard InChI is InChI=1S/C18H24N2O5/c1-17(2,3)25-16(23)20-7-6-18(10-20)9-13(19)12-8-11(15(21)22)4-5-14(12)24-18/h4-5,8,13H,6-7,9-10,19H2,1-3H3,(H,21,22). The summed E-state index contributed by atoms with van der Waals surface area (Å²) in [7, 11) is 0. The maximum atomic E-state index is 12.3. The molecule has 2 aliphatic rings. The fraction of sp³-hybridized carbons (Fsp3) is 0.556. The third kappa shape index (κ3) is 3.56. The molecule has 1 aromatic carbocycles. The van der Waals surface area contributed by atoms with E-state index in [-0.39, 0.29) is 17.7 Å². The van der Waals surface area contributed by atoms with Crippen LogP contribution in [0.5, 0.6) is 5.75 Å². The Bertz CT molecular complexity index is 712. The van der Waals surface area contributed by atoms with Gasteiger partial charge in [0.15, 0.2) is 0 Å². The molecule has 25 heavy (non-hydrogen) atoms. The van der Waals surface area contributed by atoms with Crippen LogP contribution in [0.2, 0.25) is 0 Å². The van der Waals surface area contributed by atoms with Gasteiger partial charge < -0.3 is 25.2 Å². The van der Waals surface area contributed by atoms with E-state index in [9.17, 15) is 9.59 Å². The van der Waals surface area contributed by atoms with Gasteiger partial charge in [-0.3, -0.25) is 0 Å². The Kier molecular flexibility index (Phi) is 4.15. The molecule has 7 nitrogen and oxygen atoms in total. The molecule has 1 spiro atoms. The van der Waals surface area contributed by atoms with E-state index in [0.29, 0.717) is 37.2 Å². The van der Waals surface area contributed by atoms with E-state index >= 15 is 0 Å². The van der Waals surface area contributed by atoms with Crippen molar-refractivity contribution in [2.24, 2.45) is 5.73 Å². The van der Waals surface area contributed by atoms with Crippen molar-refractivity contribution in [3.05, 3.63) is 29.3 Å². The van der Waals surface area contributed by atoms with E-state index in [0.717, 1.165) is 0 Å². The fourth-order valence-electron chi connectivity index (χ4n) is 3.43. The highest BCUT2D eigenvalue weighted by Crippen LogP contribution is 2.43. The monoisotopic (exact) mass is 348 g/mol. The summed E-state index contributed by atoms with van der Waals surface area (Å²) < 4.78 is 11.6. The zero-order valence-corrected chi connectivity index (χ0v) is 14.7.